The lowest BCUT2D eigenvalue weighted by Crippen LogP contribution is -2.04. The van der Waals surface area contributed by atoms with Crippen molar-refractivity contribution < 1.29 is 13.9 Å². The highest BCUT2D eigenvalue weighted by atomic mass is 16.5. The van der Waals surface area contributed by atoms with Gasteiger partial charge in [0, 0.05) is 11.6 Å². The second-order valence-corrected chi connectivity index (χ2v) is 5.65. The maximum absolute atomic E-state index is 12.5. The molecule has 1 aromatic heterocycles. The highest BCUT2D eigenvalue weighted by molar-refractivity contribution is 5.95. The summed E-state index contributed by atoms with van der Waals surface area (Å²) in [7, 11) is 0. The maximum Gasteiger partial charge on any atom is 0.343 e. The fourth-order valence-electron chi connectivity index (χ4n) is 2.57. The number of benzene rings is 3. The third kappa shape index (κ3) is 3.39. The lowest BCUT2D eigenvalue weighted by molar-refractivity contribution is 0.0693. The third-order valence-corrected chi connectivity index (χ3v) is 3.84. The van der Waals surface area contributed by atoms with Crippen LogP contribution in [0.1, 0.15) is 21.8 Å². The minimum atomic E-state index is -0.434. The Balaban J connectivity index is 1.72. The molecular weight excluding hydrogens is 326 g/mol. The molecule has 0 atom stereocenters. The number of aromatic nitrogens is 1. The molecule has 0 amide bonds. The summed E-state index contributed by atoms with van der Waals surface area (Å²) in [6, 6.07) is 25.8. The zero-order valence-electron chi connectivity index (χ0n) is 13.8. The summed E-state index contributed by atoms with van der Waals surface area (Å²) in [5.41, 5.74) is 2.67. The predicted octanol–water partition coefficient (Wildman–Crippen LogP) is 5.18. The lowest BCUT2D eigenvalue weighted by Gasteiger charge is -2.08. The van der Waals surface area contributed by atoms with Gasteiger partial charge in [-0.1, -0.05) is 60.7 Å². The summed E-state index contributed by atoms with van der Waals surface area (Å²) in [4.78, 5) is 16.9. The first kappa shape index (κ1) is 15.8. The molecule has 1 heterocycles. The SMILES string of the molecule is O=C(O/C(=C\c1nc2ccccc2o1)c1ccccc1)c1ccccc1. The quantitative estimate of drug-likeness (QED) is 0.379. The van der Waals surface area contributed by atoms with E-state index in [2.05, 4.69) is 4.98 Å². The number of nitrogens with zero attached hydrogens (tertiary/aromatic N) is 1. The van der Waals surface area contributed by atoms with E-state index in [0.29, 0.717) is 22.8 Å². The van der Waals surface area contributed by atoms with Gasteiger partial charge in [0.25, 0.3) is 0 Å². The first-order valence-corrected chi connectivity index (χ1v) is 8.19. The van der Waals surface area contributed by atoms with Crippen LogP contribution in [0.15, 0.2) is 89.3 Å². The van der Waals surface area contributed by atoms with Crippen molar-refractivity contribution in [3.8, 4) is 0 Å². The van der Waals surface area contributed by atoms with Gasteiger partial charge in [-0.15, -0.1) is 0 Å². The number of esters is 1. The van der Waals surface area contributed by atoms with Crippen LogP contribution in [-0.2, 0) is 4.74 Å². The Hall–Kier alpha value is -3.66. The van der Waals surface area contributed by atoms with E-state index in [9.17, 15) is 4.79 Å². The van der Waals surface area contributed by atoms with Gasteiger partial charge in [0.05, 0.1) is 5.56 Å². The van der Waals surface area contributed by atoms with Crippen molar-refractivity contribution in [2.45, 2.75) is 0 Å². The smallest absolute Gasteiger partial charge is 0.343 e. The number of carbonyl (C=O) groups is 1. The maximum atomic E-state index is 12.5. The number of fused-ring (bicyclic) bond motifs is 1. The zero-order chi connectivity index (χ0) is 17.8. The van der Waals surface area contributed by atoms with E-state index in [1.54, 1.807) is 30.3 Å². The molecule has 4 heteroatoms. The van der Waals surface area contributed by atoms with Gasteiger partial charge < -0.3 is 9.15 Å². The average molecular weight is 341 g/mol. The largest absolute Gasteiger partial charge is 0.437 e. The van der Waals surface area contributed by atoms with Gasteiger partial charge >= 0.3 is 5.97 Å². The molecule has 0 N–H and O–H groups in total. The fraction of sp³-hybridized carbons (Fsp3) is 0. The van der Waals surface area contributed by atoms with Crippen LogP contribution in [0, 0.1) is 0 Å². The molecule has 4 rings (SSSR count). The van der Waals surface area contributed by atoms with Crippen molar-refractivity contribution in [3.05, 3.63) is 102 Å². The van der Waals surface area contributed by atoms with Crippen molar-refractivity contribution in [2.75, 3.05) is 0 Å². The molecule has 0 aliphatic rings. The standard InChI is InChI=1S/C22H15NO3/c24-22(17-11-5-2-6-12-17)26-20(16-9-3-1-4-10-16)15-21-23-18-13-7-8-14-19(18)25-21/h1-15H/b20-15-. The first-order chi connectivity index (χ1) is 12.8. The third-order valence-electron chi connectivity index (χ3n) is 3.84. The molecule has 0 saturated heterocycles. The van der Waals surface area contributed by atoms with Crippen LogP contribution in [0.25, 0.3) is 22.9 Å². The van der Waals surface area contributed by atoms with E-state index >= 15 is 0 Å². The summed E-state index contributed by atoms with van der Waals surface area (Å²) in [5.74, 6) is 0.328. The zero-order valence-corrected chi connectivity index (χ0v) is 13.8. The van der Waals surface area contributed by atoms with Gasteiger partial charge in [-0.25, -0.2) is 9.78 Å². The van der Waals surface area contributed by atoms with Gasteiger partial charge in [-0.3, -0.25) is 0 Å². The predicted molar refractivity (Wildman–Crippen MR) is 100 cm³/mol. The number of hydrogen-bond donors (Lipinski definition) is 0. The molecule has 0 bridgehead atoms. The van der Waals surface area contributed by atoms with Gasteiger partial charge in [-0.2, -0.15) is 0 Å². The number of hydrogen-bond acceptors (Lipinski definition) is 4. The molecule has 0 unspecified atom stereocenters. The Kier molecular flexibility index (Phi) is 4.31. The van der Waals surface area contributed by atoms with Crippen molar-refractivity contribution in [1.29, 1.82) is 0 Å². The summed E-state index contributed by atoms with van der Waals surface area (Å²) in [5, 5.41) is 0. The molecule has 0 saturated carbocycles. The summed E-state index contributed by atoms with van der Waals surface area (Å²) in [6.45, 7) is 0. The minimum absolute atomic E-state index is 0.380. The number of carbonyl (C=O) groups excluding carboxylic acids is 1. The van der Waals surface area contributed by atoms with Crippen molar-refractivity contribution >= 4 is 28.9 Å². The van der Waals surface area contributed by atoms with Crippen LogP contribution in [0.5, 0.6) is 0 Å². The summed E-state index contributed by atoms with van der Waals surface area (Å²) >= 11 is 0. The number of oxazole rings is 1. The van der Waals surface area contributed by atoms with Gasteiger partial charge in [0.2, 0.25) is 5.89 Å². The van der Waals surface area contributed by atoms with Crippen LogP contribution in [0.4, 0.5) is 0 Å². The molecule has 0 aliphatic heterocycles. The van der Waals surface area contributed by atoms with Crippen LogP contribution >= 0.6 is 0 Å². The highest BCUT2D eigenvalue weighted by Gasteiger charge is 2.13. The molecule has 4 aromatic rings. The molecule has 0 spiro atoms. The minimum Gasteiger partial charge on any atom is -0.437 e. The molecule has 4 nitrogen and oxygen atoms in total. The van der Waals surface area contributed by atoms with Gasteiger partial charge in [0.15, 0.2) is 5.58 Å². The normalized spacial score (nSPS) is 11.5. The Morgan fingerprint density at radius 2 is 1.42 bits per heavy atom. The number of para-hydroxylation sites is 2. The van der Waals surface area contributed by atoms with Crippen molar-refractivity contribution in [2.24, 2.45) is 0 Å². The first-order valence-electron chi connectivity index (χ1n) is 8.19. The monoisotopic (exact) mass is 341 g/mol. The Labute approximate surface area is 150 Å². The Morgan fingerprint density at radius 1 is 0.808 bits per heavy atom. The second kappa shape index (κ2) is 7.07. The van der Waals surface area contributed by atoms with E-state index in [-0.39, 0.29) is 0 Å². The van der Waals surface area contributed by atoms with Crippen LogP contribution < -0.4 is 0 Å². The van der Waals surface area contributed by atoms with Gasteiger partial charge in [0.1, 0.15) is 11.3 Å². The van der Waals surface area contributed by atoms with Crippen molar-refractivity contribution in [1.82, 2.24) is 4.98 Å². The van der Waals surface area contributed by atoms with E-state index < -0.39 is 5.97 Å². The number of rotatable bonds is 4. The van der Waals surface area contributed by atoms with Crippen LogP contribution in [-0.4, -0.2) is 11.0 Å². The molecular formula is C22H15NO3. The molecule has 126 valence electrons. The molecule has 0 fully saturated rings. The van der Waals surface area contributed by atoms with E-state index in [1.807, 2.05) is 60.7 Å². The molecule has 0 radical (unpaired) electrons. The molecule has 3 aromatic carbocycles. The van der Waals surface area contributed by atoms with E-state index in [4.69, 9.17) is 9.15 Å². The Bertz CT molecular complexity index is 1030. The van der Waals surface area contributed by atoms with Gasteiger partial charge in [-0.05, 0) is 24.3 Å². The van der Waals surface area contributed by atoms with Crippen LogP contribution in [0.2, 0.25) is 0 Å². The fourth-order valence-corrected chi connectivity index (χ4v) is 2.57. The Morgan fingerprint density at radius 3 is 2.12 bits per heavy atom. The number of ether oxygens (including phenoxy) is 1. The molecule has 26 heavy (non-hydrogen) atoms. The van der Waals surface area contributed by atoms with E-state index in [1.165, 1.54) is 0 Å². The second-order valence-electron chi connectivity index (χ2n) is 5.65. The summed E-state index contributed by atoms with van der Waals surface area (Å²) < 4.78 is 11.4. The highest BCUT2D eigenvalue weighted by Crippen LogP contribution is 2.23. The van der Waals surface area contributed by atoms with Crippen LogP contribution in [0.3, 0.4) is 0 Å². The van der Waals surface area contributed by atoms with E-state index in [0.717, 1.165) is 11.1 Å². The lowest BCUT2D eigenvalue weighted by atomic mass is 10.1. The topological polar surface area (TPSA) is 52.3 Å². The summed E-state index contributed by atoms with van der Waals surface area (Å²) in [6.07, 6.45) is 1.64. The molecule has 0 aliphatic carbocycles. The van der Waals surface area contributed by atoms with Crippen molar-refractivity contribution in [3.63, 3.8) is 0 Å². The average Bonchev–Trinajstić information content (AvgIpc) is 3.11.